The van der Waals surface area contributed by atoms with Crippen LogP contribution in [0, 0.1) is 5.82 Å². The van der Waals surface area contributed by atoms with Gasteiger partial charge >= 0.3 is 12.2 Å². The van der Waals surface area contributed by atoms with E-state index in [0.717, 1.165) is 25.1 Å². The number of hydrogen-bond donors (Lipinski definition) is 3. The number of urea groups is 1. The van der Waals surface area contributed by atoms with Gasteiger partial charge in [-0.25, -0.2) is 24.1 Å². The molecule has 3 aromatic heterocycles. The van der Waals surface area contributed by atoms with Gasteiger partial charge < -0.3 is 30.6 Å². The predicted octanol–water partition coefficient (Wildman–Crippen LogP) is 5.69. The topological polar surface area (TPSA) is 123 Å². The van der Waals surface area contributed by atoms with Crippen molar-refractivity contribution in [1.29, 1.82) is 0 Å². The molecule has 10 nitrogen and oxygen atoms in total. The van der Waals surface area contributed by atoms with E-state index in [0.29, 0.717) is 54.1 Å². The molecule has 0 unspecified atom stereocenters. The summed E-state index contributed by atoms with van der Waals surface area (Å²) in [5.74, 6) is -1.02. The maximum Gasteiger partial charge on any atom is 0.421 e. The summed E-state index contributed by atoms with van der Waals surface area (Å²) in [4.78, 5) is 27.0. The first-order valence-electron chi connectivity index (χ1n) is 13.5. The van der Waals surface area contributed by atoms with E-state index in [1.165, 1.54) is 18.5 Å². The van der Waals surface area contributed by atoms with Crippen LogP contribution in [0.15, 0.2) is 43.0 Å². The molecule has 0 bridgehead atoms. The number of nitrogen functional groups attached to an aromatic ring is 1. The second kappa shape index (κ2) is 10.7. The zero-order valence-electron chi connectivity index (χ0n) is 22.6. The summed E-state index contributed by atoms with van der Waals surface area (Å²) in [5.41, 5.74) is 6.44. The van der Waals surface area contributed by atoms with Crippen LogP contribution in [0.4, 0.5) is 39.5 Å². The number of anilines is 3. The van der Waals surface area contributed by atoms with E-state index < -0.39 is 35.6 Å². The standard InChI is InChI=1S/C28H28F4N8O2/c1-39-8-6-18(7-9-39)42-26-20(28(30,31)32)11-16(12-34-26)37-27(41)38-22-5-2-15(10-21(22)29)19-13-40(17-3-4-17)25-23(19)24(33)35-14-36-25/h2,5,10-14,17-18H,3-4,6-9H2,1H3,(H2,33,35,36)(H2,37,38,41). The number of rotatable bonds is 6. The summed E-state index contributed by atoms with van der Waals surface area (Å²) < 4.78 is 64.2. The fourth-order valence-electron chi connectivity index (χ4n) is 5.11. The molecule has 14 heteroatoms. The van der Waals surface area contributed by atoms with Crippen LogP contribution in [0.2, 0.25) is 0 Å². The van der Waals surface area contributed by atoms with Crippen molar-refractivity contribution in [3.05, 3.63) is 54.4 Å². The second-order valence-electron chi connectivity index (χ2n) is 10.6. The number of nitrogens with one attached hydrogen (secondary N) is 2. The number of piperidine rings is 1. The SMILES string of the molecule is CN1CCC(Oc2ncc(NC(=O)Nc3ccc(-c4cn(C5CC5)c5ncnc(N)c45)cc3F)cc2C(F)(F)F)CC1. The molecule has 6 rings (SSSR count). The van der Waals surface area contributed by atoms with Crippen LogP contribution in [0.3, 0.4) is 0 Å². The Bertz CT molecular complexity index is 1650. The van der Waals surface area contributed by atoms with Crippen molar-refractivity contribution in [2.45, 2.75) is 44.0 Å². The molecule has 0 atom stereocenters. The Hall–Kier alpha value is -4.46. The summed E-state index contributed by atoms with van der Waals surface area (Å²) in [6, 6.07) is 4.32. The van der Waals surface area contributed by atoms with Crippen molar-refractivity contribution in [2.24, 2.45) is 0 Å². The zero-order chi connectivity index (χ0) is 29.6. The lowest BCUT2D eigenvalue weighted by Gasteiger charge is -2.29. The maximum absolute atomic E-state index is 15.1. The molecule has 4 aromatic rings. The highest BCUT2D eigenvalue weighted by Gasteiger charge is 2.37. The van der Waals surface area contributed by atoms with Gasteiger partial charge in [-0.15, -0.1) is 0 Å². The summed E-state index contributed by atoms with van der Waals surface area (Å²) in [6.45, 7) is 1.41. The Kier molecular flexibility index (Phi) is 7.09. The minimum atomic E-state index is -4.76. The van der Waals surface area contributed by atoms with Crippen LogP contribution in [-0.2, 0) is 6.18 Å². The molecule has 1 aromatic carbocycles. The van der Waals surface area contributed by atoms with Crippen molar-refractivity contribution in [1.82, 2.24) is 24.4 Å². The number of likely N-dealkylation sites (tertiary alicyclic amines) is 1. The molecule has 1 aliphatic heterocycles. The number of carbonyl (C=O) groups excluding carboxylic acids is 1. The average Bonchev–Trinajstić information content (AvgIpc) is 3.71. The number of ether oxygens (including phenoxy) is 1. The number of alkyl halides is 3. The third kappa shape index (κ3) is 5.66. The van der Waals surface area contributed by atoms with E-state index in [1.54, 1.807) is 6.07 Å². The van der Waals surface area contributed by atoms with Crippen LogP contribution in [0.5, 0.6) is 5.88 Å². The highest BCUT2D eigenvalue weighted by atomic mass is 19.4. The van der Waals surface area contributed by atoms with E-state index in [4.69, 9.17) is 10.5 Å². The Morgan fingerprint density at radius 2 is 1.83 bits per heavy atom. The van der Waals surface area contributed by atoms with E-state index in [-0.39, 0.29) is 17.2 Å². The smallest absolute Gasteiger partial charge is 0.421 e. The number of hydrogen-bond acceptors (Lipinski definition) is 7. The molecule has 1 saturated carbocycles. The van der Waals surface area contributed by atoms with Crippen molar-refractivity contribution < 1.29 is 27.1 Å². The second-order valence-corrected chi connectivity index (χ2v) is 10.6. The molecule has 0 radical (unpaired) electrons. The normalized spacial score (nSPS) is 16.5. The van der Waals surface area contributed by atoms with E-state index in [2.05, 4.69) is 30.5 Å². The number of pyridine rings is 1. The fourth-order valence-corrected chi connectivity index (χ4v) is 5.11. The largest absolute Gasteiger partial charge is 0.474 e. The minimum Gasteiger partial charge on any atom is -0.474 e. The van der Waals surface area contributed by atoms with E-state index in [9.17, 15) is 18.0 Å². The first kappa shape index (κ1) is 27.7. The molecular weight excluding hydrogens is 556 g/mol. The van der Waals surface area contributed by atoms with E-state index >= 15 is 4.39 Å². The number of amides is 2. The number of benzene rings is 1. The van der Waals surface area contributed by atoms with Crippen molar-refractivity contribution >= 4 is 34.3 Å². The molecule has 4 heterocycles. The highest BCUT2D eigenvalue weighted by molar-refractivity contribution is 6.02. The molecule has 0 spiro atoms. The Morgan fingerprint density at radius 1 is 1.07 bits per heavy atom. The monoisotopic (exact) mass is 584 g/mol. The average molecular weight is 585 g/mol. The van der Waals surface area contributed by atoms with Crippen molar-refractivity contribution in [3.63, 3.8) is 0 Å². The minimum absolute atomic E-state index is 0.169. The molecule has 1 saturated heterocycles. The lowest BCUT2D eigenvalue weighted by atomic mass is 10.1. The van der Waals surface area contributed by atoms with Gasteiger partial charge in [0, 0.05) is 30.9 Å². The Balaban J connectivity index is 1.18. The number of carbonyl (C=O) groups is 1. The highest BCUT2D eigenvalue weighted by Crippen LogP contribution is 2.42. The number of nitrogens with zero attached hydrogens (tertiary/aromatic N) is 5. The molecule has 2 aliphatic rings. The third-order valence-electron chi connectivity index (χ3n) is 7.47. The van der Waals surface area contributed by atoms with Crippen LogP contribution in [-0.4, -0.2) is 56.7 Å². The number of halogens is 4. The zero-order valence-corrected chi connectivity index (χ0v) is 22.6. The van der Waals surface area contributed by atoms with Crippen LogP contribution in [0.25, 0.3) is 22.2 Å². The van der Waals surface area contributed by atoms with Gasteiger partial charge in [-0.2, -0.15) is 13.2 Å². The van der Waals surface area contributed by atoms with Crippen molar-refractivity contribution in [3.8, 4) is 17.0 Å². The molecule has 1 aliphatic carbocycles. The Morgan fingerprint density at radius 3 is 2.52 bits per heavy atom. The third-order valence-corrected chi connectivity index (χ3v) is 7.47. The molecule has 42 heavy (non-hydrogen) atoms. The number of aromatic nitrogens is 4. The van der Waals surface area contributed by atoms with Crippen LogP contribution >= 0.6 is 0 Å². The van der Waals surface area contributed by atoms with Gasteiger partial charge in [0.05, 0.1) is 23.0 Å². The summed E-state index contributed by atoms with van der Waals surface area (Å²) >= 11 is 0. The van der Waals surface area contributed by atoms with Gasteiger partial charge in [-0.3, -0.25) is 0 Å². The lowest BCUT2D eigenvalue weighted by Crippen LogP contribution is -2.36. The van der Waals surface area contributed by atoms with Gasteiger partial charge in [-0.05, 0) is 56.5 Å². The lowest BCUT2D eigenvalue weighted by molar-refractivity contribution is -0.139. The van der Waals surface area contributed by atoms with Crippen molar-refractivity contribution in [2.75, 3.05) is 36.5 Å². The van der Waals surface area contributed by atoms with Gasteiger partial charge in [0.1, 0.15) is 35.3 Å². The number of nitrogens with two attached hydrogens (primary N) is 1. The van der Waals surface area contributed by atoms with Gasteiger partial charge in [0.15, 0.2) is 0 Å². The molecule has 220 valence electrons. The Labute approximate surface area is 237 Å². The van der Waals surface area contributed by atoms with Crippen LogP contribution < -0.4 is 21.1 Å². The first-order valence-corrected chi connectivity index (χ1v) is 13.5. The molecular formula is C28H28F4N8O2. The van der Waals surface area contributed by atoms with Crippen LogP contribution in [0.1, 0.15) is 37.3 Å². The van der Waals surface area contributed by atoms with Gasteiger partial charge in [0.2, 0.25) is 5.88 Å². The van der Waals surface area contributed by atoms with Gasteiger partial charge in [0.25, 0.3) is 0 Å². The summed E-state index contributed by atoms with van der Waals surface area (Å²) in [6.07, 6.45) is 2.33. The quantitative estimate of drug-likeness (QED) is 0.249. The van der Waals surface area contributed by atoms with E-state index in [1.807, 2.05) is 17.8 Å². The fraction of sp³-hybridized carbons (Fsp3) is 0.357. The molecule has 2 amide bonds. The summed E-state index contributed by atoms with van der Waals surface area (Å²) in [7, 11) is 1.93. The molecule has 4 N–H and O–H groups in total. The summed E-state index contributed by atoms with van der Waals surface area (Å²) in [5, 5.41) is 5.24. The first-order chi connectivity index (χ1) is 20.1. The molecule has 2 fully saturated rings. The van der Waals surface area contributed by atoms with Gasteiger partial charge in [-0.1, -0.05) is 6.07 Å². The maximum atomic E-state index is 15.1. The number of fused-ring (bicyclic) bond motifs is 1. The predicted molar refractivity (Wildman–Crippen MR) is 149 cm³/mol.